The topological polar surface area (TPSA) is 26.0 Å². The Morgan fingerprint density at radius 1 is 0.895 bits per heavy atom. The van der Waals surface area contributed by atoms with Gasteiger partial charge >= 0.3 is 0 Å². The molecule has 0 radical (unpaired) electrons. The SMILES string of the molecule is Cc1ccc(C(N)c2ccc(F)cc2F)c(F)c1F. The Bertz CT molecular complexity index is 625. The third-order valence-electron chi connectivity index (χ3n) is 2.94. The molecule has 0 aliphatic carbocycles. The van der Waals surface area contributed by atoms with Gasteiger partial charge in [-0.3, -0.25) is 0 Å². The summed E-state index contributed by atoms with van der Waals surface area (Å²) in [6, 6.07) is 4.23. The van der Waals surface area contributed by atoms with Crippen LogP contribution in [-0.2, 0) is 0 Å². The Hall–Kier alpha value is -1.88. The second kappa shape index (κ2) is 5.01. The molecule has 0 aliphatic rings. The van der Waals surface area contributed by atoms with Gasteiger partial charge in [0.05, 0.1) is 6.04 Å². The van der Waals surface area contributed by atoms with E-state index in [0.717, 1.165) is 12.1 Å². The third kappa shape index (κ3) is 2.46. The molecule has 1 nitrogen and oxygen atoms in total. The van der Waals surface area contributed by atoms with Crippen LogP contribution >= 0.6 is 0 Å². The van der Waals surface area contributed by atoms with E-state index in [1.165, 1.54) is 19.1 Å². The maximum atomic E-state index is 13.8. The molecule has 2 aromatic carbocycles. The van der Waals surface area contributed by atoms with Crippen molar-refractivity contribution < 1.29 is 17.6 Å². The molecule has 2 N–H and O–H groups in total. The van der Waals surface area contributed by atoms with Crippen molar-refractivity contribution in [3.8, 4) is 0 Å². The number of rotatable bonds is 2. The Morgan fingerprint density at radius 2 is 1.53 bits per heavy atom. The molecular weight excluding hydrogens is 258 g/mol. The van der Waals surface area contributed by atoms with Crippen molar-refractivity contribution in [2.45, 2.75) is 13.0 Å². The molecule has 0 saturated carbocycles. The molecular formula is C14H11F4N. The normalized spacial score (nSPS) is 12.5. The summed E-state index contributed by atoms with van der Waals surface area (Å²) in [5.41, 5.74) is 5.58. The number of hydrogen-bond acceptors (Lipinski definition) is 1. The molecule has 0 spiro atoms. The van der Waals surface area contributed by atoms with E-state index in [4.69, 9.17) is 5.73 Å². The maximum Gasteiger partial charge on any atom is 0.164 e. The molecule has 1 unspecified atom stereocenters. The first-order chi connectivity index (χ1) is 8.91. The number of halogens is 4. The number of aryl methyl sites for hydroxylation is 1. The summed E-state index contributed by atoms with van der Waals surface area (Å²) >= 11 is 0. The lowest BCUT2D eigenvalue weighted by Crippen LogP contribution is -2.16. The van der Waals surface area contributed by atoms with Crippen LogP contribution in [0.1, 0.15) is 22.7 Å². The van der Waals surface area contributed by atoms with Crippen molar-refractivity contribution >= 4 is 0 Å². The van der Waals surface area contributed by atoms with Crippen molar-refractivity contribution in [1.29, 1.82) is 0 Å². The second-order valence-corrected chi connectivity index (χ2v) is 4.24. The lowest BCUT2D eigenvalue weighted by Gasteiger charge is -2.15. The fourth-order valence-corrected chi connectivity index (χ4v) is 1.82. The van der Waals surface area contributed by atoms with Crippen LogP contribution in [0.3, 0.4) is 0 Å². The van der Waals surface area contributed by atoms with Gasteiger partial charge in [0, 0.05) is 17.2 Å². The van der Waals surface area contributed by atoms with Gasteiger partial charge in [-0.1, -0.05) is 18.2 Å². The number of nitrogens with two attached hydrogens (primary N) is 1. The first-order valence-corrected chi connectivity index (χ1v) is 5.57. The van der Waals surface area contributed by atoms with E-state index in [0.29, 0.717) is 6.07 Å². The maximum absolute atomic E-state index is 13.8. The van der Waals surface area contributed by atoms with E-state index < -0.39 is 29.3 Å². The van der Waals surface area contributed by atoms with Crippen LogP contribution in [0.15, 0.2) is 30.3 Å². The lowest BCUT2D eigenvalue weighted by atomic mass is 9.97. The highest BCUT2D eigenvalue weighted by molar-refractivity contribution is 5.35. The molecule has 0 saturated heterocycles. The highest BCUT2D eigenvalue weighted by Crippen LogP contribution is 2.27. The lowest BCUT2D eigenvalue weighted by molar-refractivity contribution is 0.486. The molecule has 0 bridgehead atoms. The average Bonchev–Trinajstić information content (AvgIpc) is 2.35. The summed E-state index contributed by atoms with van der Waals surface area (Å²) in [5, 5.41) is 0. The predicted molar refractivity (Wildman–Crippen MR) is 63.5 cm³/mol. The Labute approximate surface area is 107 Å². The van der Waals surface area contributed by atoms with Gasteiger partial charge in [-0.05, 0) is 18.6 Å². The van der Waals surface area contributed by atoms with Gasteiger partial charge in [0.15, 0.2) is 11.6 Å². The van der Waals surface area contributed by atoms with Gasteiger partial charge in [0.1, 0.15) is 11.6 Å². The van der Waals surface area contributed by atoms with Gasteiger partial charge in [-0.15, -0.1) is 0 Å². The zero-order valence-corrected chi connectivity index (χ0v) is 10.1. The Kier molecular flexibility index (Phi) is 3.57. The first-order valence-electron chi connectivity index (χ1n) is 5.57. The van der Waals surface area contributed by atoms with Crippen LogP contribution in [0.2, 0.25) is 0 Å². The molecule has 0 aliphatic heterocycles. The monoisotopic (exact) mass is 269 g/mol. The summed E-state index contributed by atoms with van der Waals surface area (Å²) in [5.74, 6) is -3.79. The summed E-state index contributed by atoms with van der Waals surface area (Å²) < 4.78 is 53.6. The quantitative estimate of drug-likeness (QED) is 0.828. The van der Waals surface area contributed by atoms with Crippen LogP contribution in [0.4, 0.5) is 17.6 Å². The van der Waals surface area contributed by atoms with Crippen molar-refractivity contribution in [2.24, 2.45) is 5.73 Å². The summed E-state index contributed by atoms with van der Waals surface area (Å²) in [7, 11) is 0. The fraction of sp³-hybridized carbons (Fsp3) is 0.143. The third-order valence-corrected chi connectivity index (χ3v) is 2.94. The molecule has 1 atom stereocenters. The van der Waals surface area contributed by atoms with E-state index in [9.17, 15) is 17.6 Å². The van der Waals surface area contributed by atoms with Crippen LogP contribution < -0.4 is 5.73 Å². The molecule has 0 fully saturated rings. The minimum absolute atomic E-state index is 0.0939. The largest absolute Gasteiger partial charge is 0.320 e. The zero-order valence-electron chi connectivity index (χ0n) is 10.1. The van der Waals surface area contributed by atoms with Crippen molar-refractivity contribution in [3.63, 3.8) is 0 Å². The molecule has 5 heteroatoms. The molecule has 2 rings (SSSR count). The summed E-state index contributed by atoms with van der Waals surface area (Å²) in [6.45, 7) is 1.41. The second-order valence-electron chi connectivity index (χ2n) is 4.24. The van der Waals surface area contributed by atoms with Gasteiger partial charge in [0.25, 0.3) is 0 Å². The highest BCUT2D eigenvalue weighted by atomic mass is 19.2. The van der Waals surface area contributed by atoms with Crippen LogP contribution in [0, 0.1) is 30.2 Å². The van der Waals surface area contributed by atoms with Crippen molar-refractivity contribution in [1.82, 2.24) is 0 Å². The molecule has 100 valence electrons. The van der Waals surface area contributed by atoms with Crippen LogP contribution in [0.25, 0.3) is 0 Å². The van der Waals surface area contributed by atoms with Crippen LogP contribution in [0.5, 0.6) is 0 Å². The molecule has 2 aromatic rings. The number of benzene rings is 2. The molecule has 0 heterocycles. The predicted octanol–water partition coefficient (Wildman–Crippen LogP) is 3.60. The van der Waals surface area contributed by atoms with Gasteiger partial charge in [0.2, 0.25) is 0 Å². The van der Waals surface area contributed by atoms with Crippen molar-refractivity contribution in [3.05, 3.63) is 70.3 Å². The van der Waals surface area contributed by atoms with E-state index in [-0.39, 0.29) is 16.7 Å². The van der Waals surface area contributed by atoms with E-state index in [2.05, 4.69) is 0 Å². The Balaban J connectivity index is 2.50. The van der Waals surface area contributed by atoms with Gasteiger partial charge < -0.3 is 5.73 Å². The smallest absolute Gasteiger partial charge is 0.164 e. The minimum atomic E-state index is -1.20. The molecule has 0 aromatic heterocycles. The fourth-order valence-electron chi connectivity index (χ4n) is 1.82. The average molecular weight is 269 g/mol. The standard InChI is InChI=1S/C14H11F4N/c1-7-2-4-10(13(18)12(7)17)14(19)9-5-3-8(15)6-11(9)16/h2-6,14H,19H2,1H3. The van der Waals surface area contributed by atoms with Gasteiger partial charge in [-0.25, -0.2) is 17.6 Å². The van der Waals surface area contributed by atoms with Crippen LogP contribution in [-0.4, -0.2) is 0 Å². The van der Waals surface area contributed by atoms with E-state index in [1.807, 2.05) is 0 Å². The highest BCUT2D eigenvalue weighted by Gasteiger charge is 2.20. The first kappa shape index (κ1) is 13.5. The molecule has 0 amide bonds. The van der Waals surface area contributed by atoms with E-state index in [1.54, 1.807) is 0 Å². The molecule has 19 heavy (non-hydrogen) atoms. The zero-order chi connectivity index (χ0) is 14.2. The Morgan fingerprint density at radius 3 is 2.16 bits per heavy atom. The van der Waals surface area contributed by atoms with Gasteiger partial charge in [-0.2, -0.15) is 0 Å². The van der Waals surface area contributed by atoms with Crippen molar-refractivity contribution in [2.75, 3.05) is 0 Å². The summed E-state index contributed by atoms with van der Waals surface area (Å²) in [6.07, 6.45) is 0. The number of hydrogen-bond donors (Lipinski definition) is 1. The summed E-state index contributed by atoms with van der Waals surface area (Å²) in [4.78, 5) is 0. The minimum Gasteiger partial charge on any atom is -0.320 e. The van der Waals surface area contributed by atoms with E-state index >= 15 is 0 Å².